The van der Waals surface area contributed by atoms with Crippen molar-refractivity contribution in [2.45, 2.75) is 24.7 Å². The summed E-state index contributed by atoms with van der Waals surface area (Å²) in [5.41, 5.74) is 0.481. The molecule has 2 aromatic heterocycles. The molecule has 1 aliphatic heterocycles. The third-order valence-corrected chi connectivity index (χ3v) is 6.25. The van der Waals surface area contributed by atoms with E-state index in [1.165, 1.54) is 15.2 Å². The van der Waals surface area contributed by atoms with Crippen molar-refractivity contribution in [1.29, 1.82) is 0 Å². The van der Waals surface area contributed by atoms with E-state index in [2.05, 4.69) is 10.1 Å². The number of hydrogen-bond acceptors (Lipinski definition) is 5. The molecular weight excluding hydrogens is 332 g/mol. The first-order chi connectivity index (χ1) is 11.4. The number of aromatic nitrogens is 3. The SMILES string of the molecule is Cc1c(S(=O)(=O)N2CCC(C(=O)O)CC2)cnn1-c1ccccn1. The molecule has 1 N–H and O–H groups in total. The number of nitrogens with zero attached hydrogens (tertiary/aromatic N) is 4. The van der Waals surface area contributed by atoms with Gasteiger partial charge in [-0.3, -0.25) is 4.79 Å². The molecule has 0 atom stereocenters. The Morgan fingerprint density at radius 1 is 1.29 bits per heavy atom. The van der Waals surface area contributed by atoms with Gasteiger partial charge in [0.2, 0.25) is 10.0 Å². The smallest absolute Gasteiger partial charge is 0.306 e. The molecule has 2 aromatic rings. The Morgan fingerprint density at radius 2 is 2.00 bits per heavy atom. The first-order valence-corrected chi connectivity index (χ1v) is 9.04. The van der Waals surface area contributed by atoms with E-state index in [0.717, 1.165) is 0 Å². The zero-order chi connectivity index (χ0) is 17.3. The second kappa shape index (κ2) is 6.33. The van der Waals surface area contributed by atoms with Gasteiger partial charge in [0.1, 0.15) is 4.90 Å². The van der Waals surface area contributed by atoms with Crippen molar-refractivity contribution in [3.8, 4) is 5.82 Å². The van der Waals surface area contributed by atoms with Crippen LogP contribution in [0.4, 0.5) is 0 Å². The van der Waals surface area contributed by atoms with Crippen LogP contribution >= 0.6 is 0 Å². The highest BCUT2D eigenvalue weighted by molar-refractivity contribution is 7.89. The molecule has 0 amide bonds. The van der Waals surface area contributed by atoms with E-state index in [1.807, 2.05) is 0 Å². The number of rotatable bonds is 4. The highest BCUT2D eigenvalue weighted by Gasteiger charge is 2.34. The molecule has 1 aliphatic rings. The van der Waals surface area contributed by atoms with Crippen LogP contribution in [0.5, 0.6) is 0 Å². The molecular formula is C15H18N4O4S. The van der Waals surface area contributed by atoms with Crippen molar-refractivity contribution in [2.24, 2.45) is 5.92 Å². The van der Waals surface area contributed by atoms with Crippen LogP contribution in [0, 0.1) is 12.8 Å². The topological polar surface area (TPSA) is 105 Å². The van der Waals surface area contributed by atoms with Crippen LogP contribution in [0.1, 0.15) is 18.5 Å². The molecule has 0 spiro atoms. The van der Waals surface area contributed by atoms with Crippen LogP contribution in [0.15, 0.2) is 35.5 Å². The quantitative estimate of drug-likeness (QED) is 0.884. The number of carbonyl (C=O) groups is 1. The second-order valence-corrected chi connectivity index (χ2v) is 7.62. The molecule has 0 aliphatic carbocycles. The van der Waals surface area contributed by atoms with E-state index in [4.69, 9.17) is 5.11 Å². The third-order valence-electron chi connectivity index (χ3n) is 4.25. The molecule has 1 fully saturated rings. The molecule has 8 nitrogen and oxygen atoms in total. The van der Waals surface area contributed by atoms with Gasteiger partial charge in [-0.1, -0.05) is 6.07 Å². The Labute approximate surface area is 139 Å². The van der Waals surface area contributed by atoms with Gasteiger partial charge in [-0.05, 0) is 31.9 Å². The monoisotopic (exact) mass is 350 g/mol. The van der Waals surface area contributed by atoms with Crippen molar-refractivity contribution in [2.75, 3.05) is 13.1 Å². The normalized spacial score (nSPS) is 17.0. The van der Waals surface area contributed by atoms with Crippen LogP contribution in [0.2, 0.25) is 0 Å². The minimum Gasteiger partial charge on any atom is -0.481 e. The fraction of sp³-hybridized carbons (Fsp3) is 0.400. The van der Waals surface area contributed by atoms with Crippen molar-refractivity contribution >= 4 is 16.0 Å². The Kier molecular flexibility index (Phi) is 4.37. The fourth-order valence-corrected chi connectivity index (χ4v) is 4.45. The number of pyridine rings is 1. The Hall–Kier alpha value is -2.26. The zero-order valence-electron chi connectivity index (χ0n) is 13.2. The molecule has 0 saturated carbocycles. The number of aliphatic carboxylic acids is 1. The van der Waals surface area contributed by atoms with Crippen LogP contribution in [0.25, 0.3) is 5.82 Å². The van der Waals surface area contributed by atoms with Crippen LogP contribution < -0.4 is 0 Å². The van der Waals surface area contributed by atoms with Crippen molar-refractivity contribution in [3.63, 3.8) is 0 Å². The van der Waals surface area contributed by atoms with Crippen LogP contribution in [0.3, 0.4) is 0 Å². The maximum atomic E-state index is 12.8. The van der Waals surface area contributed by atoms with Gasteiger partial charge in [0.25, 0.3) is 0 Å². The summed E-state index contributed by atoms with van der Waals surface area (Å²) >= 11 is 0. The van der Waals surface area contributed by atoms with E-state index >= 15 is 0 Å². The molecule has 3 heterocycles. The zero-order valence-corrected chi connectivity index (χ0v) is 14.0. The lowest BCUT2D eigenvalue weighted by molar-refractivity contribution is -0.142. The first-order valence-electron chi connectivity index (χ1n) is 7.60. The number of sulfonamides is 1. The average Bonchev–Trinajstić information content (AvgIpc) is 2.98. The summed E-state index contributed by atoms with van der Waals surface area (Å²) in [4.78, 5) is 15.3. The molecule has 24 heavy (non-hydrogen) atoms. The molecule has 128 valence electrons. The lowest BCUT2D eigenvalue weighted by Gasteiger charge is -2.29. The molecule has 0 unspecified atom stereocenters. The second-order valence-electron chi connectivity index (χ2n) is 5.71. The van der Waals surface area contributed by atoms with Gasteiger partial charge in [0, 0.05) is 19.3 Å². The number of piperidine rings is 1. The first kappa shape index (κ1) is 16.6. The van der Waals surface area contributed by atoms with Crippen molar-refractivity contribution in [3.05, 3.63) is 36.3 Å². The number of carboxylic acids is 1. The van der Waals surface area contributed by atoms with Gasteiger partial charge in [-0.15, -0.1) is 0 Å². The van der Waals surface area contributed by atoms with Crippen molar-refractivity contribution < 1.29 is 18.3 Å². The summed E-state index contributed by atoms with van der Waals surface area (Å²) in [6.45, 7) is 2.08. The largest absolute Gasteiger partial charge is 0.481 e. The summed E-state index contributed by atoms with van der Waals surface area (Å²) in [7, 11) is -3.70. The van der Waals surface area contributed by atoms with Gasteiger partial charge in [-0.2, -0.15) is 9.40 Å². The summed E-state index contributed by atoms with van der Waals surface area (Å²) in [6, 6.07) is 5.32. The van der Waals surface area contributed by atoms with Gasteiger partial charge >= 0.3 is 5.97 Å². The fourth-order valence-electron chi connectivity index (χ4n) is 2.84. The molecule has 9 heteroatoms. The van der Waals surface area contributed by atoms with Gasteiger partial charge in [-0.25, -0.2) is 18.1 Å². The van der Waals surface area contributed by atoms with E-state index in [0.29, 0.717) is 24.4 Å². The Morgan fingerprint density at radius 3 is 2.58 bits per heavy atom. The molecule has 1 saturated heterocycles. The van der Waals surface area contributed by atoms with Crippen LogP contribution in [-0.2, 0) is 14.8 Å². The summed E-state index contributed by atoms with van der Waals surface area (Å²) in [5, 5.41) is 13.2. The number of carboxylic acid groups (broad SMARTS) is 1. The van der Waals surface area contributed by atoms with Crippen molar-refractivity contribution in [1.82, 2.24) is 19.1 Å². The lowest BCUT2D eigenvalue weighted by atomic mass is 9.99. The summed E-state index contributed by atoms with van der Waals surface area (Å²) in [5.74, 6) is -0.805. The summed E-state index contributed by atoms with van der Waals surface area (Å²) in [6.07, 6.45) is 3.58. The molecule has 0 aromatic carbocycles. The van der Waals surface area contributed by atoms with E-state index in [-0.39, 0.29) is 18.0 Å². The van der Waals surface area contributed by atoms with Gasteiger partial charge in [0.15, 0.2) is 5.82 Å². The minimum absolute atomic E-state index is 0.127. The Balaban J connectivity index is 1.87. The van der Waals surface area contributed by atoms with Crippen LogP contribution in [-0.4, -0.2) is 51.7 Å². The maximum absolute atomic E-state index is 12.8. The van der Waals surface area contributed by atoms with E-state index in [9.17, 15) is 13.2 Å². The van der Waals surface area contributed by atoms with E-state index in [1.54, 1.807) is 31.3 Å². The van der Waals surface area contributed by atoms with Gasteiger partial charge < -0.3 is 5.11 Å². The average molecular weight is 350 g/mol. The van der Waals surface area contributed by atoms with E-state index < -0.39 is 21.9 Å². The summed E-state index contributed by atoms with van der Waals surface area (Å²) < 4.78 is 28.5. The molecule has 0 bridgehead atoms. The molecule has 0 radical (unpaired) electrons. The highest BCUT2D eigenvalue weighted by Crippen LogP contribution is 2.26. The molecule has 3 rings (SSSR count). The third kappa shape index (κ3) is 2.92. The maximum Gasteiger partial charge on any atom is 0.306 e. The van der Waals surface area contributed by atoms with Gasteiger partial charge in [0.05, 0.1) is 17.8 Å². The Bertz CT molecular complexity index is 840. The predicted molar refractivity (Wildman–Crippen MR) is 85.2 cm³/mol. The highest BCUT2D eigenvalue weighted by atomic mass is 32.2. The number of hydrogen-bond donors (Lipinski definition) is 1. The predicted octanol–water partition coefficient (Wildman–Crippen LogP) is 1.06. The standard InChI is InChI=1S/C15H18N4O4S/c1-11-13(10-17-19(11)14-4-2-3-7-16-14)24(22,23)18-8-5-12(6-9-18)15(20)21/h2-4,7,10,12H,5-6,8-9H2,1H3,(H,20,21). The minimum atomic E-state index is -3.70. The lowest BCUT2D eigenvalue weighted by Crippen LogP contribution is -2.40.